The van der Waals surface area contributed by atoms with Crippen LogP contribution in [0, 0.1) is 0 Å². The molecule has 0 radical (unpaired) electrons. The van der Waals surface area contributed by atoms with Gasteiger partial charge >= 0.3 is 0 Å². The van der Waals surface area contributed by atoms with E-state index < -0.39 is 0 Å². The Bertz CT molecular complexity index is 445. The van der Waals surface area contributed by atoms with Crippen LogP contribution in [0.2, 0.25) is 0 Å². The molecule has 2 aromatic rings. The minimum Gasteiger partial charge on any atom is -0.322 e. The van der Waals surface area contributed by atoms with Crippen LogP contribution in [0.4, 0.5) is 0 Å². The minimum absolute atomic E-state index is 0.0521. The molecule has 0 aliphatic heterocycles. The van der Waals surface area contributed by atoms with E-state index >= 15 is 0 Å². The molecule has 14 heavy (non-hydrogen) atoms. The summed E-state index contributed by atoms with van der Waals surface area (Å²) in [4.78, 5) is 13.6. The van der Waals surface area contributed by atoms with Crippen LogP contribution in [0.15, 0.2) is 41.2 Å². The average Bonchev–Trinajstić information content (AvgIpc) is 2.19. The van der Waals surface area contributed by atoms with Gasteiger partial charge in [0, 0.05) is 11.6 Å². The van der Waals surface area contributed by atoms with Gasteiger partial charge in [-0.15, -0.1) is 0 Å². The predicted molar refractivity (Wildman–Crippen MR) is 60.5 cm³/mol. The van der Waals surface area contributed by atoms with Crippen molar-refractivity contribution in [3.8, 4) is 0 Å². The van der Waals surface area contributed by atoms with Crippen molar-refractivity contribution in [1.82, 2.24) is 4.98 Å². The van der Waals surface area contributed by atoms with Gasteiger partial charge in [-0.05, 0) is 17.5 Å². The van der Waals surface area contributed by atoms with Crippen LogP contribution in [0.5, 0.6) is 0 Å². The first-order valence-corrected chi connectivity index (χ1v) is 4.86. The number of aromatic nitrogens is 1. The molecule has 0 aliphatic carbocycles. The van der Waals surface area contributed by atoms with Crippen molar-refractivity contribution in [3.05, 3.63) is 46.8 Å². The van der Waals surface area contributed by atoms with Crippen molar-refractivity contribution in [1.29, 1.82) is 0 Å². The highest BCUT2D eigenvalue weighted by Gasteiger charge is 1.89. The molecular weight excluding hydrogens is 174 g/mol. The van der Waals surface area contributed by atoms with Gasteiger partial charge < -0.3 is 4.98 Å². The Morgan fingerprint density at radius 3 is 2.43 bits per heavy atom. The van der Waals surface area contributed by atoms with Crippen molar-refractivity contribution < 1.29 is 0 Å². The number of hydrogen-bond acceptors (Lipinski definition) is 1. The number of para-hydroxylation sites is 1. The molecule has 0 saturated carbocycles. The topological polar surface area (TPSA) is 32.9 Å². The highest BCUT2D eigenvalue weighted by Crippen LogP contribution is 2.06. The Labute approximate surface area is 83.6 Å². The molecule has 0 aliphatic rings. The van der Waals surface area contributed by atoms with E-state index in [1.165, 1.54) is 12.5 Å². The molecule has 74 valence electrons. The smallest absolute Gasteiger partial charge is 0.248 e. The average molecular weight is 189 g/mol. The summed E-state index contributed by atoms with van der Waals surface area (Å²) in [7, 11) is 0. The van der Waals surface area contributed by atoms with Gasteiger partial charge in [0.1, 0.15) is 0 Å². The maximum atomic E-state index is 10.8. The summed E-state index contributed by atoms with van der Waals surface area (Å²) < 4.78 is 0. The standard InChI is InChI=1S/C9H7NO.C3H8/c11-9-6-5-7-3-1-2-4-8(7)10-9;1-3-2/h1-6H,(H,10,11);3H2,1-2H3. The second-order valence-corrected chi connectivity index (χ2v) is 3.12. The highest BCUT2D eigenvalue weighted by atomic mass is 16.1. The number of aromatic amines is 1. The number of benzene rings is 1. The molecule has 0 amide bonds. The predicted octanol–water partition coefficient (Wildman–Crippen LogP) is 2.94. The summed E-state index contributed by atoms with van der Waals surface area (Å²) in [6, 6.07) is 11.0. The number of hydrogen-bond donors (Lipinski definition) is 1. The van der Waals surface area contributed by atoms with Crippen LogP contribution in [0.25, 0.3) is 10.9 Å². The SMILES string of the molecule is CCC.O=c1ccc2ccccc2[nH]1. The molecule has 0 atom stereocenters. The third-order valence-electron chi connectivity index (χ3n) is 1.63. The van der Waals surface area contributed by atoms with E-state index in [-0.39, 0.29) is 5.56 Å². The van der Waals surface area contributed by atoms with Gasteiger partial charge in [0.2, 0.25) is 5.56 Å². The van der Waals surface area contributed by atoms with Gasteiger partial charge in [0.25, 0.3) is 0 Å². The molecule has 1 aromatic carbocycles. The highest BCUT2D eigenvalue weighted by molar-refractivity contribution is 5.77. The van der Waals surface area contributed by atoms with Crippen LogP contribution in [0.1, 0.15) is 20.3 Å². The van der Waals surface area contributed by atoms with Crippen molar-refractivity contribution in [2.45, 2.75) is 20.3 Å². The van der Waals surface area contributed by atoms with Crippen LogP contribution in [0.3, 0.4) is 0 Å². The van der Waals surface area contributed by atoms with E-state index in [0.717, 1.165) is 10.9 Å². The van der Waals surface area contributed by atoms with Crippen molar-refractivity contribution >= 4 is 10.9 Å². The van der Waals surface area contributed by atoms with Crippen LogP contribution in [-0.4, -0.2) is 4.98 Å². The molecule has 0 fully saturated rings. The zero-order chi connectivity index (χ0) is 10.4. The van der Waals surface area contributed by atoms with Gasteiger partial charge in [-0.2, -0.15) is 0 Å². The third kappa shape index (κ3) is 2.73. The van der Waals surface area contributed by atoms with E-state index in [1.54, 1.807) is 0 Å². The number of nitrogens with one attached hydrogen (secondary N) is 1. The summed E-state index contributed by atoms with van der Waals surface area (Å²) in [5.41, 5.74) is 0.837. The molecule has 2 nitrogen and oxygen atoms in total. The fourth-order valence-electron chi connectivity index (χ4n) is 1.10. The first-order valence-electron chi connectivity index (χ1n) is 4.86. The summed E-state index contributed by atoms with van der Waals surface area (Å²) in [5, 5.41) is 1.06. The first kappa shape index (κ1) is 10.5. The zero-order valence-corrected chi connectivity index (χ0v) is 8.58. The molecule has 2 heteroatoms. The van der Waals surface area contributed by atoms with Crippen LogP contribution in [-0.2, 0) is 0 Å². The van der Waals surface area contributed by atoms with Gasteiger partial charge in [0.05, 0.1) is 0 Å². The van der Waals surface area contributed by atoms with Crippen LogP contribution >= 0.6 is 0 Å². The molecule has 2 rings (SSSR count). The quantitative estimate of drug-likeness (QED) is 0.679. The molecule has 1 N–H and O–H groups in total. The molecule has 0 saturated heterocycles. The lowest BCUT2D eigenvalue weighted by Gasteiger charge is -1.93. The van der Waals surface area contributed by atoms with E-state index in [2.05, 4.69) is 18.8 Å². The summed E-state index contributed by atoms with van der Waals surface area (Å²) in [6.45, 7) is 4.25. The van der Waals surface area contributed by atoms with E-state index in [1.807, 2.05) is 30.3 Å². The Hall–Kier alpha value is -1.57. The monoisotopic (exact) mass is 189 g/mol. The fraction of sp³-hybridized carbons (Fsp3) is 0.250. The molecule has 0 unspecified atom stereocenters. The Kier molecular flexibility index (Phi) is 3.92. The Morgan fingerprint density at radius 2 is 1.71 bits per heavy atom. The van der Waals surface area contributed by atoms with Crippen LogP contribution < -0.4 is 5.56 Å². The third-order valence-corrected chi connectivity index (χ3v) is 1.63. The van der Waals surface area contributed by atoms with Gasteiger partial charge in [-0.1, -0.05) is 38.5 Å². The lowest BCUT2D eigenvalue weighted by molar-refractivity contribution is 1.09. The van der Waals surface area contributed by atoms with Gasteiger partial charge in [0.15, 0.2) is 0 Å². The summed E-state index contributed by atoms with van der Waals surface area (Å²) >= 11 is 0. The first-order chi connectivity index (χ1) is 6.77. The molecule has 1 heterocycles. The molecule has 0 bridgehead atoms. The maximum Gasteiger partial charge on any atom is 0.248 e. The minimum atomic E-state index is -0.0521. The number of rotatable bonds is 0. The van der Waals surface area contributed by atoms with Gasteiger partial charge in [-0.25, -0.2) is 0 Å². The van der Waals surface area contributed by atoms with E-state index in [4.69, 9.17) is 0 Å². The van der Waals surface area contributed by atoms with Crippen molar-refractivity contribution in [2.75, 3.05) is 0 Å². The maximum absolute atomic E-state index is 10.8. The van der Waals surface area contributed by atoms with Gasteiger partial charge in [-0.3, -0.25) is 4.79 Å². The van der Waals surface area contributed by atoms with E-state index in [0.29, 0.717) is 0 Å². The van der Waals surface area contributed by atoms with Crippen molar-refractivity contribution in [3.63, 3.8) is 0 Å². The lowest BCUT2D eigenvalue weighted by Crippen LogP contribution is -2.01. The lowest BCUT2D eigenvalue weighted by atomic mass is 10.2. The Morgan fingerprint density at radius 1 is 1.07 bits per heavy atom. The zero-order valence-electron chi connectivity index (χ0n) is 8.58. The second kappa shape index (κ2) is 5.22. The Balaban J connectivity index is 0.000000293. The molecule has 0 spiro atoms. The number of H-pyrrole nitrogens is 1. The summed E-state index contributed by atoms with van der Waals surface area (Å²) in [5.74, 6) is 0. The van der Waals surface area contributed by atoms with E-state index in [9.17, 15) is 4.79 Å². The largest absolute Gasteiger partial charge is 0.322 e. The molecule has 1 aromatic heterocycles. The summed E-state index contributed by atoms with van der Waals surface area (Å²) in [6.07, 6.45) is 1.25. The van der Waals surface area contributed by atoms with Crippen molar-refractivity contribution in [2.24, 2.45) is 0 Å². The molecular formula is C12H15NO. The fourth-order valence-corrected chi connectivity index (χ4v) is 1.10. The number of pyridine rings is 1. The number of fused-ring (bicyclic) bond motifs is 1. The second-order valence-electron chi connectivity index (χ2n) is 3.12. The normalized spacial score (nSPS) is 9.29.